The van der Waals surface area contributed by atoms with E-state index in [2.05, 4.69) is 4.98 Å². The second kappa shape index (κ2) is 9.91. The highest BCUT2D eigenvalue weighted by Gasteiger charge is 2.18. The van der Waals surface area contributed by atoms with Crippen LogP contribution in [0.3, 0.4) is 0 Å². The number of pyridine rings is 1. The smallest absolute Gasteiger partial charge is 0.339 e. The van der Waals surface area contributed by atoms with E-state index in [0.29, 0.717) is 23.2 Å². The SMILES string of the molecule is CCOc1ccc(-c2cc(C(=O)OCC(=O)c3ccc([N+](=O)[O-])cc3)c3ccccc3n2)cc1. The van der Waals surface area contributed by atoms with Gasteiger partial charge in [-0.3, -0.25) is 14.9 Å². The van der Waals surface area contributed by atoms with Crippen molar-refractivity contribution in [1.29, 1.82) is 0 Å². The van der Waals surface area contributed by atoms with Gasteiger partial charge in [-0.15, -0.1) is 0 Å². The molecule has 0 aliphatic carbocycles. The third-order valence-electron chi connectivity index (χ3n) is 5.13. The molecule has 0 bridgehead atoms. The Morgan fingerprint density at radius 3 is 2.35 bits per heavy atom. The van der Waals surface area contributed by atoms with Gasteiger partial charge in [0.15, 0.2) is 12.4 Å². The van der Waals surface area contributed by atoms with Crippen molar-refractivity contribution in [3.05, 3.63) is 100 Å². The maximum Gasteiger partial charge on any atom is 0.339 e. The summed E-state index contributed by atoms with van der Waals surface area (Å²) >= 11 is 0. The maximum atomic E-state index is 12.9. The lowest BCUT2D eigenvalue weighted by Crippen LogP contribution is -2.15. The van der Waals surface area contributed by atoms with Gasteiger partial charge in [-0.1, -0.05) is 18.2 Å². The van der Waals surface area contributed by atoms with E-state index in [0.717, 1.165) is 11.3 Å². The quantitative estimate of drug-likeness (QED) is 0.154. The molecule has 0 spiro atoms. The van der Waals surface area contributed by atoms with Crippen molar-refractivity contribution in [2.75, 3.05) is 13.2 Å². The fourth-order valence-corrected chi connectivity index (χ4v) is 3.44. The number of ketones is 1. The molecule has 1 aromatic heterocycles. The van der Waals surface area contributed by atoms with Crippen LogP contribution in [0.4, 0.5) is 5.69 Å². The first kappa shape index (κ1) is 22.6. The van der Waals surface area contributed by atoms with Gasteiger partial charge in [-0.2, -0.15) is 0 Å². The first-order valence-electron chi connectivity index (χ1n) is 10.5. The molecule has 3 aromatic carbocycles. The Morgan fingerprint density at radius 2 is 1.68 bits per heavy atom. The zero-order chi connectivity index (χ0) is 24.1. The Morgan fingerprint density at radius 1 is 0.971 bits per heavy atom. The van der Waals surface area contributed by atoms with Crippen molar-refractivity contribution >= 4 is 28.3 Å². The number of carbonyl (C=O) groups is 2. The van der Waals surface area contributed by atoms with Gasteiger partial charge >= 0.3 is 5.97 Å². The molecule has 34 heavy (non-hydrogen) atoms. The molecule has 0 saturated heterocycles. The molecule has 0 unspecified atom stereocenters. The lowest BCUT2D eigenvalue weighted by molar-refractivity contribution is -0.384. The van der Waals surface area contributed by atoms with Crippen LogP contribution < -0.4 is 4.74 Å². The molecule has 8 nitrogen and oxygen atoms in total. The summed E-state index contributed by atoms with van der Waals surface area (Å²) in [6.07, 6.45) is 0. The fourth-order valence-electron chi connectivity index (χ4n) is 3.44. The number of hydrogen-bond acceptors (Lipinski definition) is 7. The lowest BCUT2D eigenvalue weighted by Gasteiger charge is -2.10. The molecule has 0 N–H and O–H groups in total. The minimum atomic E-state index is -0.666. The van der Waals surface area contributed by atoms with Crippen LogP contribution in [-0.2, 0) is 4.74 Å². The van der Waals surface area contributed by atoms with E-state index in [1.165, 1.54) is 24.3 Å². The van der Waals surface area contributed by atoms with E-state index in [9.17, 15) is 19.7 Å². The normalized spacial score (nSPS) is 10.6. The molecule has 8 heteroatoms. The van der Waals surface area contributed by atoms with E-state index in [-0.39, 0.29) is 16.8 Å². The molecular weight excluding hydrogens is 436 g/mol. The largest absolute Gasteiger partial charge is 0.494 e. The van der Waals surface area contributed by atoms with Gasteiger partial charge in [0.1, 0.15) is 5.75 Å². The van der Waals surface area contributed by atoms with Gasteiger partial charge in [0.05, 0.1) is 28.3 Å². The monoisotopic (exact) mass is 456 g/mol. The molecular formula is C26H20N2O6. The van der Waals surface area contributed by atoms with Gasteiger partial charge in [0.25, 0.3) is 5.69 Å². The Labute approximate surface area is 194 Å². The standard InChI is InChI=1S/C26H20N2O6/c1-2-33-20-13-9-17(10-14-20)24-15-22(21-5-3-4-6-23(21)27-24)26(30)34-16-25(29)18-7-11-19(12-8-18)28(31)32/h3-15H,2,16H2,1H3. The summed E-state index contributed by atoms with van der Waals surface area (Å²) in [6.45, 7) is 1.97. The highest BCUT2D eigenvalue weighted by atomic mass is 16.6. The zero-order valence-corrected chi connectivity index (χ0v) is 18.3. The number of fused-ring (bicyclic) bond motifs is 1. The lowest BCUT2D eigenvalue weighted by atomic mass is 10.0. The van der Waals surface area contributed by atoms with Crippen LogP contribution in [0.2, 0.25) is 0 Å². The van der Waals surface area contributed by atoms with Gasteiger partial charge in [-0.25, -0.2) is 9.78 Å². The topological polar surface area (TPSA) is 109 Å². The van der Waals surface area contributed by atoms with Gasteiger partial charge < -0.3 is 9.47 Å². The number of nitro benzene ring substituents is 1. The number of para-hydroxylation sites is 1. The second-order valence-corrected chi connectivity index (χ2v) is 7.33. The first-order chi connectivity index (χ1) is 16.5. The van der Waals surface area contributed by atoms with Crippen LogP contribution in [0.15, 0.2) is 78.9 Å². The summed E-state index contributed by atoms with van der Waals surface area (Å²) in [5.41, 5.74) is 2.36. The summed E-state index contributed by atoms with van der Waals surface area (Å²) < 4.78 is 10.8. The summed E-state index contributed by atoms with van der Waals surface area (Å²) in [5, 5.41) is 11.4. The number of rotatable bonds is 8. The van der Waals surface area contributed by atoms with Crippen molar-refractivity contribution in [2.24, 2.45) is 0 Å². The molecule has 0 atom stereocenters. The number of esters is 1. The molecule has 4 rings (SSSR count). The third kappa shape index (κ3) is 4.91. The Bertz CT molecular complexity index is 1360. The Hall–Kier alpha value is -4.59. The fraction of sp³-hybridized carbons (Fsp3) is 0.115. The number of non-ortho nitro benzene ring substituents is 1. The highest BCUT2D eigenvalue weighted by Crippen LogP contribution is 2.27. The van der Waals surface area contributed by atoms with Crippen LogP contribution in [0, 0.1) is 10.1 Å². The maximum absolute atomic E-state index is 12.9. The highest BCUT2D eigenvalue weighted by molar-refractivity contribution is 6.06. The number of aromatic nitrogens is 1. The molecule has 4 aromatic rings. The zero-order valence-electron chi connectivity index (χ0n) is 18.3. The van der Waals surface area contributed by atoms with E-state index < -0.39 is 23.3 Å². The van der Waals surface area contributed by atoms with E-state index in [1.54, 1.807) is 24.3 Å². The van der Waals surface area contributed by atoms with Crippen LogP contribution in [0.25, 0.3) is 22.2 Å². The van der Waals surface area contributed by atoms with Gasteiger partial charge in [0, 0.05) is 28.6 Å². The molecule has 170 valence electrons. The number of benzene rings is 3. The number of Topliss-reactive ketones (excluding diaryl/α,β-unsaturated/α-hetero) is 1. The van der Waals surface area contributed by atoms with Crippen LogP contribution in [0.1, 0.15) is 27.6 Å². The number of carbonyl (C=O) groups excluding carboxylic acids is 2. The molecule has 0 amide bonds. The Kier molecular flexibility index (Phi) is 6.59. The number of hydrogen-bond donors (Lipinski definition) is 0. The molecule has 0 radical (unpaired) electrons. The van der Waals surface area contributed by atoms with E-state index in [4.69, 9.17) is 9.47 Å². The predicted octanol–water partition coefficient (Wildman–Crippen LogP) is 5.25. The van der Waals surface area contributed by atoms with Crippen LogP contribution >= 0.6 is 0 Å². The number of nitrogens with zero attached hydrogens (tertiary/aromatic N) is 2. The van der Waals surface area contributed by atoms with E-state index >= 15 is 0 Å². The van der Waals surface area contributed by atoms with Crippen molar-refractivity contribution in [1.82, 2.24) is 4.98 Å². The van der Waals surface area contributed by atoms with Crippen molar-refractivity contribution in [2.45, 2.75) is 6.92 Å². The average Bonchev–Trinajstić information content (AvgIpc) is 2.87. The first-order valence-corrected chi connectivity index (χ1v) is 10.5. The molecule has 0 aliphatic heterocycles. The Balaban J connectivity index is 1.58. The van der Waals surface area contributed by atoms with Gasteiger partial charge in [-0.05, 0) is 55.5 Å². The average molecular weight is 456 g/mol. The van der Waals surface area contributed by atoms with Crippen molar-refractivity contribution in [3.63, 3.8) is 0 Å². The summed E-state index contributed by atoms with van der Waals surface area (Å²) in [7, 11) is 0. The molecule has 0 aliphatic rings. The molecule has 0 saturated carbocycles. The summed E-state index contributed by atoms with van der Waals surface area (Å²) in [5.74, 6) is -0.397. The summed E-state index contributed by atoms with van der Waals surface area (Å²) in [4.78, 5) is 40.3. The molecule has 1 heterocycles. The van der Waals surface area contributed by atoms with E-state index in [1.807, 2.05) is 37.3 Å². The minimum Gasteiger partial charge on any atom is -0.494 e. The van der Waals surface area contributed by atoms with Crippen LogP contribution in [0.5, 0.6) is 5.75 Å². The van der Waals surface area contributed by atoms with Gasteiger partial charge in [0.2, 0.25) is 0 Å². The molecule has 0 fully saturated rings. The predicted molar refractivity (Wildman–Crippen MR) is 126 cm³/mol. The summed E-state index contributed by atoms with van der Waals surface area (Å²) in [6, 6.07) is 21.3. The van der Waals surface area contributed by atoms with Crippen LogP contribution in [-0.4, -0.2) is 34.9 Å². The van der Waals surface area contributed by atoms with Crippen molar-refractivity contribution in [3.8, 4) is 17.0 Å². The number of nitro groups is 1. The minimum absolute atomic E-state index is 0.126. The third-order valence-corrected chi connectivity index (χ3v) is 5.13. The number of ether oxygens (including phenoxy) is 2. The van der Waals surface area contributed by atoms with Crippen molar-refractivity contribution < 1.29 is 24.0 Å². The second-order valence-electron chi connectivity index (χ2n) is 7.33.